The molecule has 3 aromatic carbocycles. The van der Waals surface area contributed by atoms with Gasteiger partial charge in [-0.25, -0.2) is 8.42 Å². The van der Waals surface area contributed by atoms with Crippen LogP contribution in [-0.2, 0) is 16.7 Å². The molecule has 0 saturated heterocycles. The maximum absolute atomic E-state index is 10.9. The second kappa shape index (κ2) is 7.48. The molecule has 0 aliphatic heterocycles. The first-order valence-corrected chi connectivity index (χ1v) is 9.99. The number of benzene rings is 3. The highest BCUT2D eigenvalue weighted by Crippen LogP contribution is 2.26. The van der Waals surface area contributed by atoms with Gasteiger partial charge in [0.2, 0.25) is 0 Å². The van der Waals surface area contributed by atoms with Crippen LogP contribution in [0.1, 0.15) is 37.3 Å². The van der Waals surface area contributed by atoms with Crippen LogP contribution < -0.4 is 4.74 Å². The van der Waals surface area contributed by atoms with E-state index in [4.69, 9.17) is 4.74 Å². The predicted octanol–water partition coefficient (Wildman–Crippen LogP) is 4.84. The fourth-order valence-corrected chi connectivity index (χ4v) is 3.26. The van der Waals surface area contributed by atoms with E-state index in [0.29, 0.717) is 12.5 Å². The summed E-state index contributed by atoms with van der Waals surface area (Å²) >= 11 is 0. The van der Waals surface area contributed by atoms with Crippen LogP contribution in [0.25, 0.3) is 10.8 Å². The van der Waals surface area contributed by atoms with Gasteiger partial charge >= 0.3 is 0 Å². The molecule has 0 bridgehead atoms. The summed E-state index contributed by atoms with van der Waals surface area (Å²) < 4.78 is 38.6. The molecule has 0 spiro atoms. The van der Waals surface area contributed by atoms with Gasteiger partial charge in [-0.05, 0) is 58.5 Å². The summed E-state index contributed by atoms with van der Waals surface area (Å²) in [6.07, 6.45) is 1.11. The maximum Gasteiger partial charge on any atom is 0.124 e. The van der Waals surface area contributed by atoms with Crippen LogP contribution in [0.3, 0.4) is 0 Å². The molecule has 1 unspecified atom stereocenters. The van der Waals surface area contributed by atoms with Gasteiger partial charge in [-0.1, -0.05) is 50.2 Å². The number of rotatable bonds is 6. The van der Waals surface area contributed by atoms with E-state index < -0.39 is 10.1 Å². The Morgan fingerprint density at radius 3 is 2.27 bits per heavy atom. The Morgan fingerprint density at radius 1 is 0.962 bits per heavy atom. The third kappa shape index (κ3) is 4.23. The molecular weight excluding hydrogens is 348 g/mol. The third-order valence-electron chi connectivity index (χ3n) is 4.63. The van der Waals surface area contributed by atoms with Gasteiger partial charge in [-0.2, -0.15) is 0 Å². The Hall–Kier alpha value is -2.37. The standard InChI is InChI=1S/C21H22O4S/c1-3-15(2)17-6-7-19-13-20(9-8-18(19)12-17)25-14-16-4-10-21(11-5-16)26(22,23)24/h4-13,15H,3,14H2,1-2H3,(H,22,23,24)/p-1. The van der Waals surface area contributed by atoms with Gasteiger partial charge in [0.1, 0.15) is 22.5 Å². The van der Waals surface area contributed by atoms with Gasteiger partial charge in [0.05, 0.1) is 4.90 Å². The molecule has 0 saturated carbocycles. The zero-order valence-corrected chi connectivity index (χ0v) is 15.6. The molecule has 0 N–H and O–H groups in total. The Labute approximate surface area is 154 Å². The van der Waals surface area contributed by atoms with E-state index in [1.54, 1.807) is 12.1 Å². The van der Waals surface area contributed by atoms with Gasteiger partial charge < -0.3 is 9.29 Å². The molecule has 0 fully saturated rings. The minimum Gasteiger partial charge on any atom is -0.744 e. The van der Waals surface area contributed by atoms with Crippen molar-refractivity contribution in [1.82, 2.24) is 0 Å². The summed E-state index contributed by atoms with van der Waals surface area (Å²) in [5.74, 6) is 1.28. The summed E-state index contributed by atoms with van der Waals surface area (Å²) in [7, 11) is -4.41. The fourth-order valence-electron chi connectivity index (χ4n) is 2.79. The molecular formula is C21H21O4S-. The molecule has 0 radical (unpaired) electrons. The van der Waals surface area contributed by atoms with Crippen LogP contribution in [0.15, 0.2) is 65.6 Å². The van der Waals surface area contributed by atoms with Crippen LogP contribution in [0.2, 0.25) is 0 Å². The second-order valence-electron chi connectivity index (χ2n) is 6.46. The lowest BCUT2D eigenvalue weighted by Crippen LogP contribution is -2.00. The summed E-state index contributed by atoms with van der Waals surface area (Å²) in [6.45, 7) is 4.71. The van der Waals surface area contributed by atoms with Crippen molar-refractivity contribution in [2.24, 2.45) is 0 Å². The smallest absolute Gasteiger partial charge is 0.124 e. The maximum atomic E-state index is 10.9. The molecule has 26 heavy (non-hydrogen) atoms. The zero-order chi connectivity index (χ0) is 18.7. The van der Waals surface area contributed by atoms with Gasteiger partial charge in [0.15, 0.2) is 0 Å². The van der Waals surface area contributed by atoms with Gasteiger partial charge in [-0.3, -0.25) is 0 Å². The topological polar surface area (TPSA) is 66.4 Å². The molecule has 5 heteroatoms. The first-order chi connectivity index (χ1) is 12.4. The first kappa shape index (κ1) is 18.4. The minimum absolute atomic E-state index is 0.232. The van der Waals surface area contributed by atoms with Crippen LogP contribution in [0, 0.1) is 0 Å². The Bertz CT molecular complexity index is 1010. The van der Waals surface area contributed by atoms with E-state index in [0.717, 1.165) is 23.1 Å². The average molecular weight is 369 g/mol. The van der Waals surface area contributed by atoms with E-state index >= 15 is 0 Å². The SMILES string of the molecule is CCC(C)c1ccc2cc(OCc3ccc(S(=O)(=O)[O-])cc3)ccc2c1. The lowest BCUT2D eigenvalue weighted by molar-refractivity contribution is 0.306. The molecule has 0 amide bonds. The average Bonchev–Trinajstić information content (AvgIpc) is 2.64. The van der Waals surface area contributed by atoms with E-state index in [2.05, 4.69) is 32.0 Å². The molecule has 0 heterocycles. The Morgan fingerprint density at radius 2 is 1.62 bits per heavy atom. The fraction of sp³-hybridized carbons (Fsp3) is 0.238. The van der Waals surface area contributed by atoms with Crippen molar-refractivity contribution in [3.63, 3.8) is 0 Å². The van der Waals surface area contributed by atoms with E-state index in [1.165, 1.54) is 23.1 Å². The molecule has 4 nitrogen and oxygen atoms in total. The van der Waals surface area contributed by atoms with Crippen molar-refractivity contribution in [2.45, 2.75) is 37.7 Å². The molecule has 3 aromatic rings. The molecule has 1 atom stereocenters. The summed E-state index contributed by atoms with van der Waals surface area (Å²) in [5.41, 5.74) is 2.13. The highest BCUT2D eigenvalue weighted by molar-refractivity contribution is 7.85. The normalized spacial score (nSPS) is 12.9. The van der Waals surface area contributed by atoms with Gasteiger partial charge in [-0.15, -0.1) is 0 Å². The van der Waals surface area contributed by atoms with Crippen LogP contribution in [-0.4, -0.2) is 13.0 Å². The summed E-state index contributed by atoms with van der Waals surface area (Å²) in [6, 6.07) is 18.2. The number of hydrogen-bond donors (Lipinski definition) is 0. The van der Waals surface area contributed by atoms with E-state index in [1.807, 2.05) is 18.2 Å². The highest BCUT2D eigenvalue weighted by Gasteiger charge is 2.05. The van der Waals surface area contributed by atoms with Crippen LogP contribution in [0.4, 0.5) is 0 Å². The lowest BCUT2D eigenvalue weighted by atomic mass is 9.96. The van der Waals surface area contributed by atoms with Crippen molar-refractivity contribution < 1.29 is 17.7 Å². The molecule has 0 aromatic heterocycles. The van der Waals surface area contributed by atoms with Crippen molar-refractivity contribution in [2.75, 3.05) is 0 Å². The summed E-state index contributed by atoms with van der Waals surface area (Å²) in [4.78, 5) is -0.232. The zero-order valence-electron chi connectivity index (χ0n) is 14.8. The number of fused-ring (bicyclic) bond motifs is 1. The quantitative estimate of drug-likeness (QED) is 0.583. The summed E-state index contributed by atoms with van der Waals surface area (Å²) in [5, 5.41) is 2.29. The van der Waals surface area contributed by atoms with Crippen LogP contribution in [0.5, 0.6) is 5.75 Å². The number of hydrogen-bond acceptors (Lipinski definition) is 4. The van der Waals surface area contributed by atoms with Crippen molar-refractivity contribution in [1.29, 1.82) is 0 Å². The molecule has 3 rings (SSSR count). The van der Waals surface area contributed by atoms with Gasteiger partial charge in [0.25, 0.3) is 0 Å². The van der Waals surface area contributed by atoms with Gasteiger partial charge in [0, 0.05) is 0 Å². The highest BCUT2D eigenvalue weighted by atomic mass is 32.2. The first-order valence-electron chi connectivity index (χ1n) is 8.58. The van der Waals surface area contributed by atoms with Crippen molar-refractivity contribution in [3.8, 4) is 5.75 Å². The van der Waals surface area contributed by atoms with Crippen molar-refractivity contribution >= 4 is 20.9 Å². The third-order valence-corrected chi connectivity index (χ3v) is 5.48. The minimum atomic E-state index is -4.41. The number of ether oxygens (including phenoxy) is 1. The van der Waals surface area contributed by atoms with Crippen LogP contribution >= 0.6 is 0 Å². The van der Waals surface area contributed by atoms with E-state index in [-0.39, 0.29) is 4.90 Å². The Balaban J connectivity index is 1.73. The lowest BCUT2D eigenvalue weighted by Gasteiger charge is -2.12. The monoisotopic (exact) mass is 369 g/mol. The molecule has 0 aliphatic carbocycles. The van der Waals surface area contributed by atoms with Crippen molar-refractivity contribution in [3.05, 3.63) is 71.8 Å². The second-order valence-corrected chi connectivity index (χ2v) is 7.84. The predicted molar refractivity (Wildman–Crippen MR) is 101 cm³/mol. The molecule has 136 valence electrons. The largest absolute Gasteiger partial charge is 0.744 e. The Kier molecular flexibility index (Phi) is 5.30. The molecule has 0 aliphatic rings. The van der Waals surface area contributed by atoms with E-state index in [9.17, 15) is 13.0 Å².